The summed E-state index contributed by atoms with van der Waals surface area (Å²) in [6.45, 7) is 4.00. The van der Waals surface area contributed by atoms with Crippen LogP contribution in [0.4, 0.5) is 11.4 Å². The van der Waals surface area contributed by atoms with Gasteiger partial charge in [-0.25, -0.2) is 9.48 Å². The SMILES string of the molecule is Cc1ccc(-n2[nH]c(-c3ccn(C)c3)c(N=Nc3cccc(-c4cccc(C(=O)O)c4O)c3)c2=O)cc1C. The maximum atomic E-state index is 13.5. The van der Waals surface area contributed by atoms with E-state index in [-0.39, 0.29) is 22.6 Å². The number of nitrogens with zero attached hydrogens (tertiary/aromatic N) is 4. The van der Waals surface area contributed by atoms with Gasteiger partial charge in [-0.1, -0.05) is 30.3 Å². The quantitative estimate of drug-likeness (QED) is 0.234. The maximum Gasteiger partial charge on any atom is 0.339 e. The molecule has 3 N–H and O–H groups in total. The number of carbonyl (C=O) groups is 1. The molecule has 0 radical (unpaired) electrons. The third kappa shape index (κ3) is 4.53. The molecule has 5 rings (SSSR count). The summed E-state index contributed by atoms with van der Waals surface area (Å²) < 4.78 is 3.33. The minimum Gasteiger partial charge on any atom is -0.506 e. The Morgan fingerprint density at radius 3 is 2.42 bits per heavy atom. The van der Waals surface area contributed by atoms with Crippen LogP contribution >= 0.6 is 0 Å². The van der Waals surface area contributed by atoms with E-state index in [1.165, 1.54) is 10.7 Å². The number of aromatic amines is 1. The van der Waals surface area contributed by atoms with E-state index >= 15 is 0 Å². The highest BCUT2D eigenvalue weighted by Crippen LogP contribution is 2.35. The molecule has 0 spiro atoms. The Morgan fingerprint density at radius 1 is 0.921 bits per heavy atom. The van der Waals surface area contributed by atoms with Gasteiger partial charge in [-0.05, 0) is 66.9 Å². The fraction of sp³-hybridized carbons (Fsp3) is 0.103. The molecule has 0 aliphatic carbocycles. The molecule has 0 aliphatic rings. The Balaban J connectivity index is 1.58. The van der Waals surface area contributed by atoms with Crippen LogP contribution in [0.2, 0.25) is 0 Å². The molecule has 0 saturated heterocycles. The second kappa shape index (κ2) is 9.70. The highest BCUT2D eigenvalue weighted by molar-refractivity contribution is 5.94. The normalized spacial score (nSPS) is 11.3. The molecule has 2 aromatic heterocycles. The molecular formula is C29H25N5O4. The molecule has 0 saturated carbocycles. The van der Waals surface area contributed by atoms with E-state index in [9.17, 15) is 19.8 Å². The summed E-state index contributed by atoms with van der Waals surface area (Å²) >= 11 is 0. The van der Waals surface area contributed by atoms with Crippen molar-refractivity contribution >= 4 is 17.3 Å². The lowest BCUT2D eigenvalue weighted by molar-refractivity contribution is 0.0694. The number of azo groups is 1. The molecule has 3 aromatic carbocycles. The number of para-hydroxylation sites is 1. The summed E-state index contributed by atoms with van der Waals surface area (Å²) in [4.78, 5) is 24.9. The maximum absolute atomic E-state index is 13.5. The Kier molecular flexibility index (Phi) is 6.26. The molecule has 0 aliphatic heterocycles. The number of aromatic hydroxyl groups is 1. The number of carboxylic acids is 1. The highest BCUT2D eigenvalue weighted by atomic mass is 16.4. The van der Waals surface area contributed by atoms with Crippen LogP contribution in [0.15, 0.2) is 94.1 Å². The van der Waals surface area contributed by atoms with E-state index in [1.807, 2.05) is 62.1 Å². The van der Waals surface area contributed by atoms with Gasteiger partial charge in [-0.15, -0.1) is 5.11 Å². The predicted molar refractivity (Wildman–Crippen MR) is 145 cm³/mol. The van der Waals surface area contributed by atoms with Crippen LogP contribution in [-0.2, 0) is 7.05 Å². The van der Waals surface area contributed by atoms with E-state index in [0.29, 0.717) is 28.2 Å². The number of H-pyrrole nitrogens is 1. The van der Waals surface area contributed by atoms with Gasteiger partial charge in [0.25, 0.3) is 5.56 Å². The third-order valence-corrected chi connectivity index (χ3v) is 6.42. The number of rotatable bonds is 6. The number of nitrogens with one attached hydrogen (secondary N) is 1. The summed E-state index contributed by atoms with van der Waals surface area (Å²) in [5.41, 5.74) is 5.13. The standard InChI is InChI=1S/C29H25N5O4/c1-17-10-11-22(14-18(17)2)34-28(36)26(25(32-34)20-12-13-33(3)16-20)31-30-21-7-4-6-19(15-21)23-8-5-9-24(27(23)35)29(37)38/h4-16,32,35H,1-3H3,(H,37,38). The zero-order valence-corrected chi connectivity index (χ0v) is 21.0. The van der Waals surface area contributed by atoms with Crippen LogP contribution < -0.4 is 5.56 Å². The molecule has 0 bridgehead atoms. The number of benzene rings is 3. The van der Waals surface area contributed by atoms with Gasteiger partial charge in [0.1, 0.15) is 11.3 Å². The summed E-state index contributed by atoms with van der Waals surface area (Å²) in [6.07, 6.45) is 3.76. The summed E-state index contributed by atoms with van der Waals surface area (Å²) in [6, 6.07) is 19.0. The van der Waals surface area contributed by atoms with Gasteiger partial charge in [-0.3, -0.25) is 9.89 Å². The average molecular weight is 508 g/mol. The molecule has 9 nitrogen and oxygen atoms in total. The van der Waals surface area contributed by atoms with Crippen LogP contribution in [0.5, 0.6) is 5.75 Å². The predicted octanol–water partition coefficient (Wildman–Crippen LogP) is 6.27. The number of aromatic nitrogens is 3. The van der Waals surface area contributed by atoms with E-state index in [0.717, 1.165) is 16.7 Å². The minimum atomic E-state index is -1.22. The molecule has 2 heterocycles. The number of aryl methyl sites for hydroxylation is 3. The van der Waals surface area contributed by atoms with Gasteiger partial charge < -0.3 is 14.8 Å². The lowest BCUT2D eigenvalue weighted by Crippen LogP contribution is -2.14. The number of carboxylic acid groups (broad SMARTS) is 1. The van der Waals surface area contributed by atoms with E-state index < -0.39 is 5.97 Å². The largest absolute Gasteiger partial charge is 0.506 e. The Bertz CT molecular complexity index is 1770. The van der Waals surface area contributed by atoms with Crippen molar-refractivity contribution in [2.24, 2.45) is 17.3 Å². The third-order valence-electron chi connectivity index (χ3n) is 6.42. The number of aromatic carboxylic acids is 1. The van der Waals surface area contributed by atoms with Crippen LogP contribution in [0.25, 0.3) is 28.1 Å². The number of hydrogen-bond donors (Lipinski definition) is 3. The number of phenols is 1. The minimum absolute atomic E-state index is 0.149. The van der Waals surface area contributed by atoms with Gasteiger partial charge in [0.05, 0.1) is 17.1 Å². The first-order chi connectivity index (χ1) is 18.2. The van der Waals surface area contributed by atoms with Gasteiger partial charge in [0.15, 0.2) is 5.69 Å². The fourth-order valence-corrected chi connectivity index (χ4v) is 4.21. The van der Waals surface area contributed by atoms with E-state index in [2.05, 4.69) is 15.3 Å². The molecule has 38 heavy (non-hydrogen) atoms. The van der Waals surface area contributed by atoms with Gasteiger partial charge in [-0.2, -0.15) is 5.11 Å². The topological polar surface area (TPSA) is 125 Å². The molecule has 190 valence electrons. The van der Waals surface area contributed by atoms with Crippen LogP contribution in [0.3, 0.4) is 0 Å². The van der Waals surface area contributed by atoms with Crippen molar-refractivity contribution in [1.29, 1.82) is 0 Å². The number of hydrogen-bond acceptors (Lipinski definition) is 5. The second-order valence-corrected chi connectivity index (χ2v) is 9.07. The van der Waals surface area contributed by atoms with Crippen molar-refractivity contribution < 1.29 is 15.0 Å². The van der Waals surface area contributed by atoms with Gasteiger partial charge in [0, 0.05) is 30.6 Å². The average Bonchev–Trinajstić information content (AvgIpc) is 3.47. The summed E-state index contributed by atoms with van der Waals surface area (Å²) in [5.74, 6) is -1.55. The molecular weight excluding hydrogens is 482 g/mol. The van der Waals surface area contributed by atoms with Crippen molar-refractivity contribution in [3.63, 3.8) is 0 Å². The molecule has 5 aromatic rings. The summed E-state index contributed by atoms with van der Waals surface area (Å²) in [7, 11) is 1.89. The van der Waals surface area contributed by atoms with Crippen LogP contribution in [0, 0.1) is 13.8 Å². The van der Waals surface area contributed by atoms with Gasteiger partial charge >= 0.3 is 5.97 Å². The fourth-order valence-electron chi connectivity index (χ4n) is 4.21. The van der Waals surface area contributed by atoms with Crippen molar-refractivity contribution in [1.82, 2.24) is 14.3 Å². The molecule has 0 atom stereocenters. The monoisotopic (exact) mass is 507 g/mol. The first kappa shape index (κ1) is 24.5. The van der Waals surface area contributed by atoms with E-state index in [1.54, 1.807) is 36.4 Å². The van der Waals surface area contributed by atoms with Crippen molar-refractivity contribution in [3.8, 4) is 33.8 Å². The molecule has 0 amide bonds. The van der Waals surface area contributed by atoms with E-state index in [4.69, 9.17) is 0 Å². The van der Waals surface area contributed by atoms with Crippen LogP contribution in [-0.4, -0.2) is 30.5 Å². The smallest absolute Gasteiger partial charge is 0.339 e. The zero-order chi connectivity index (χ0) is 27.0. The van der Waals surface area contributed by atoms with Crippen LogP contribution in [0.1, 0.15) is 21.5 Å². The highest BCUT2D eigenvalue weighted by Gasteiger charge is 2.18. The van der Waals surface area contributed by atoms with Crippen molar-refractivity contribution in [3.05, 3.63) is 106 Å². The molecule has 0 fully saturated rings. The first-order valence-corrected chi connectivity index (χ1v) is 11.9. The lowest BCUT2D eigenvalue weighted by Gasteiger charge is -2.07. The van der Waals surface area contributed by atoms with Crippen molar-refractivity contribution in [2.75, 3.05) is 0 Å². The Labute approximate surface area is 218 Å². The Hall–Kier alpha value is -5.18. The first-order valence-electron chi connectivity index (χ1n) is 11.9. The lowest BCUT2D eigenvalue weighted by atomic mass is 10.0. The Morgan fingerprint density at radius 2 is 1.71 bits per heavy atom. The zero-order valence-electron chi connectivity index (χ0n) is 21.0. The molecule has 0 unspecified atom stereocenters. The second-order valence-electron chi connectivity index (χ2n) is 9.07. The van der Waals surface area contributed by atoms with Gasteiger partial charge in [0.2, 0.25) is 0 Å². The molecule has 9 heteroatoms. The summed E-state index contributed by atoms with van der Waals surface area (Å²) in [5, 5.41) is 31.7. The van der Waals surface area contributed by atoms with Crippen molar-refractivity contribution in [2.45, 2.75) is 13.8 Å².